The zero-order chi connectivity index (χ0) is 12.9. The maximum atomic E-state index is 3.82. The van der Waals surface area contributed by atoms with Crippen LogP contribution in [0.4, 0.5) is 0 Å². The van der Waals surface area contributed by atoms with E-state index < -0.39 is 0 Å². The van der Waals surface area contributed by atoms with E-state index in [9.17, 15) is 0 Å². The molecule has 17 heavy (non-hydrogen) atoms. The smallest absolute Gasteiger partial charge is 0.0605 e. The lowest BCUT2D eigenvalue weighted by atomic mass is 10.1. The topological polar surface area (TPSA) is 15.3 Å². The number of unbranched alkanes of at least 4 members (excludes halogenated alkanes) is 2. The van der Waals surface area contributed by atoms with Gasteiger partial charge >= 0.3 is 0 Å². The molecule has 0 amide bonds. The summed E-state index contributed by atoms with van der Waals surface area (Å²) < 4.78 is 0. The van der Waals surface area contributed by atoms with E-state index in [1.54, 1.807) is 0 Å². The predicted molar refractivity (Wildman–Crippen MR) is 78.1 cm³/mol. The Hall–Kier alpha value is -0.860. The van der Waals surface area contributed by atoms with Gasteiger partial charge in [0.1, 0.15) is 0 Å². The first-order valence-electron chi connectivity index (χ1n) is 6.60. The first kappa shape index (κ1) is 16.1. The minimum absolute atomic E-state index is 0.399. The second-order valence-electron chi connectivity index (χ2n) is 4.24. The van der Waals surface area contributed by atoms with Gasteiger partial charge in [-0.1, -0.05) is 44.4 Å². The average molecular weight is 236 g/mol. The van der Waals surface area contributed by atoms with Crippen molar-refractivity contribution in [1.29, 1.82) is 0 Å². The van der Waals surface area contributed by atoms with Gasteiger partial charge in [-0.15, -0.1) is 19.7 Å². The lowest BCUT2D eigenvalue weighted by Gasteiger charge is -2.30. The Bertz CT molecular complexity index is 201. The van der Waals surface area contributed by atoms with Crippen molar-refractivity contribution >= 4 is 0 Å². The van der Waals surface area contributed by atoms with Crippen molar-refractivity contribution in [3.05, 3.63) is 38.0 Å². The quantitative estimate of drug-likeness (QED) is 0.317. The summed E-state index contributed by atoms with van der Waals surface area (Å²) in [7, 11) is 0. The molecule has 2 heteroatoms. The molecule has 1 atom stereocenters. The summed E-state index contributed by atoms with van der Waals surface area (Å²) in [6, 6.07) is 0. The van der Waals surface area contributed by atoms with Crippen LogP contribution in [0, 0.1) is 0 Å². The van der Waals surface area contributed by atoms with E-state index in [2.05, 4.69) is 36.9 Å². The Morgan fingerprint density at radius 1 is 1.06 bits per heavy atom. The van der Waals surface area contributed by atoms with E-state index in [0.717, 1.165) is 19.6 Å². The Kier molecular flexibility index (Phi) is 11.0. The van der Waals surface area contributed by atoms with Gasteiger partial charge in [-0.2, -0.15) is 0 Å². The number of nitrogens with zero attached hydrogens (tertiary/aromatic N) is 1. The summed E-state index contributed by atoms with van der Waals surface area (Å²) >= 11 is 0. The maximum absolute atomic E-state index is 3.82. The van der Waals surface area contributed by atoms with Crippen LogP contribution >= 0.6 is 0 Å². The van der Waals surface area contributed by atoms with Crippen molar-refractivity contribution < 1.29 is 0 Å². The molecule has 0 radical (unpaired) electrons. The third kappa shape index (κ3) is 7.94. The predicted octanol–water partition coefficient (Wildman–Crippen LogP) is 3.34. The SMILES string of the molecule is C=CCNC(CCCCC)N(CC=C)CC=C. The van der Waals surface area contributed by atoms with E-state index >= 15 is 0 Å². The van der Waals surface area contributed by atoms with Crippen LogP contribution in [0.25, 0.3) is 0 Å². The molecule has 0 fully saturated rings. The normalized spacial score (nSPS) is 12.4. The van der Waals surface area contributed by atoms with Crippen molar-refractivity contribution in [2.24, 2.45) is 0 Å². The minimum atomic E-state index is 0.399. The summed E-state index contributed by atoms with van der Waals surface area (Å²) in [6.07, 6.45) is 11.2. The maximum Gasteiger partial charge on any atom is 0.0605 e. The molecular weight excluding hydrogens is 208 g/mol. The molecular formula is C15H28N2. The van der Waals surface area contributed by atoms with Crippen molar-refractivity contribution in [1.82, 2.24) is 10.2 Å². The highest BCUT2D eigenvalue weighted by atomic mass is 15.3. The Balaban J connectivity index is 4.29. The molecule has 0 bridgehead atoms. The molecule has 1 N–H and O–H groups in total. The molecule has 1 unspecified atom stereocenters. The van der Waals surface area contributed by atoms with Crippen LogP contribution in [0.3, 0.4) is 0 Å². The zero-order valence-corrected chi connectivity index (χ0v) is 11.3. The van der Waals surface area contributed by atoms with Crippen LogP contribution < -0.4 is 5.32 Å². The van der Waals surface area contributed by atoms with Crippen LogP contribution in [0.1, 0.15) is 32.6 Å². The van der Waals surface area contributed by atoms with Crippen molar-refractivity contribution in [3.63, 3.8) is 0 Å². The van der Waals surface area contributed by atoms with Gasteiger partial charge < -0.3 is 0 Å². The van der Waals surface area contributed by atoms with Crippen molar-refractivity contribution in [3.8, 4) is 0 Å². The highest BCUT2D eigenvalue weighted by Crippen LogP contribution is 2.08. The first-order chi connectivity index (χ1) is 8.29. The molecule has 0 spiro atoms. The molecule has 98 valence electrons. The molecule has 0 saturated carbocycles. The molecule has 0 aromatic rings. The highest BCUT2D eigenvalue weighted by Gasteiger charge is 2.14. The minimum Gasteiger partial charge on any atom is -0.298 e. The summed E-state index contributed by atoms with van der Waals surface area (Å²) in [5.74, 6) is 0. The van der Waals surface area contributed by atoms with Crippen LogP contribution in [-0.4, -0.2) is 30.7 Å². The van der Waals surface area contributed by atoms with E-state index in [-0.39, 0.29) is 0 Å². The number of rotatable bonds is 12. The van der Waals surface area contributed by atoms with E-state index in [1.165, 1.54) is 25.7 Å². The molecule has 2 nitrogen and oxygen atoms in total. The fourth-order valence-electron chi connectivity index (χ4n) is 1.88. The lowest BCUT2D eigenvalue weighted by molar-refractivity contribution is 0.191. The third-order valence-corrected chi connectivity index (χ3v) is 2.75. The number of hydrogen-bond donors (Lipinski definition) is 1. The monoisotopic (exact) mass is 236 g/mol. The summed E-state index contributed by atoms with van der Waals surface area (Å²) in [6.45, 7) is 16.3. The van der Waals surface area contributed by atoms with Crippen LogP contribution in [-0.2, 0) is 0 Å². The highest BCUT2D eigenvalue weighted by molar-refractivity contribution is 4.85. The van der Waals surface area contributed by atoms with Gasteiger partial charge in [0.25, 0.3) is 0 Å². The molecule has 0 saturated heterocycles. The third-order valence-electron chi connectivity index (χ3n) is 2.75. The Labute approximate surface area is 107 Å². The van der Waals surface area contributed by atoms with E-state index in [1.807, 2.05) is 18.2 Å². The molecule has 0 aliphatic carbocycles. The zero-order valence-electron chi connectivity index (χ0n) is 11.3. The van der Waals surface area contributed by atoms with Gasteiger partial charge in [0, 0.05) is 19.6 Å². The molecule has 0 aromatic heterocycles. The number of hydrogen-bond acceptors (Lipinski definition) is 2. The van der Waals surface area contributed by atoms with Gasteiger partial charge in [-0.3, -0.25) is 10.2 Å². The fraction of sp³-hybridized carbons (Fsp3) is 0.600. The fourth-order valence-corrected chi connectivity index (χ4v) is 1.88. The first-order valence-corrected chi connectivity index (χ1v) is 6.60. The molecule has 0 aromatic carbocycles. The molecule has 0 rings (SSSR count). The standard InChI is InChI=1S/C15H28N2/c1-5-9-10-11-15(16-12-6-2)17(13-7-3)14-8-4/h6-8,15-16H,2-5,9-14H2,1H3. The van der Waals surface area contributed by atoms with Gasteiger partial charge in [0.2, 0.25) is 0 Å². The van der Waals surface area contributed by atoms with Crippen LogP contribution in [0.5, 0.6) is 0 Å². The van der Waals surface area contributed by atoms with Gasteiger partial charge in [-0.05, 0) is 6.42 Å². The largest absolute Gasteiger partial charge is 0.298 e. The van der Waals surface area contributed by atoms with Gasteiger partial charge in [0.05, 0.1) is 6.17 Å². The Morgan fingerprint density at radius 2 is 1.71 bits per heavy atom. The van der Waals surface area contributed by atoms with E-state index in [4.69, 9.17) is 0 Å². The van der Waals surface area contributed by atoms with E-state index in [0.29, 0.717) is 6.17 Å². The number of nitrogens with one attached hydrogen (secondary N) is 1. The second-order valence-corrected chi connectivity index (χ2v) is 4.24. The van der Waals surface area contributed by atoms with Crippen molar-refractivity contribution in [2.75, 3.05) is 19.6 Å². The van der Waals surface area contributed by atoms with Crippen molar-refractivity contribution in [2.45, 2.75) is 38.8 Å². The summed E-state index contributed by atoms with van der Waals surface area (Å²) in [5.41, 5.74) is 0. The lowest BCUT2D eigenvalue weighted by Crippen LogP contribution is -2.46. The second kappa shape index (κ2) is 11.6. The molecule has 0 heterocycles. The summed E-state index contributed by atoms with van der Waals surface area (Å²) in [5, 5.41) is 3.51. The van der Waals surface area contributed by atoms with Crippen LogP contribution in [0.2, 0.25) is 0 Å². The molecule has 0 aliphatic rings. The van der Waals surface area contributed by atoms with Gasteiger partial charge in [-0.25, -0.2) is 0 Å². The Morgan fingerprint density at radius 3 is 2.18 bits per heavy atom. The average Bonchev–Trinajstić information content (AvgIpc) is 2.33. The van der Waals surface area contributed by atoms with Crippen LogP contribution in [0.15, 0.2) is 38.0 Å². The summed E-state index contributed by atoms with van der Waals surface area (Å²) in [4.78, 5) is 2.36. The van der Waals surface area contributed by atoms with Gasteiger partial charge in [0.15, 0.2) is 0 Å². The molecule has 0 aliphatic heterocycles.